The van der Waals surface area contributed by atoms with E-state index in [-0.39, 0.29) is 21.7 Å². The number of pyridine rings is 1. The predicted molar refractivity (Wildman–Crippen MR) is 86.3 cm³/mol. The first-order chi connectivity index (χ1) is 11.1. The van der Waals surface area contributed by atoms with E-state index in [0.29, 0.717) is 17.6 Å². The van der Waals surface area contributed by atoms with Gasteiger partial charge in [0.15, 0.2) is 0 Å². The van der Waals surface area contributed by atoms with Crippen LogP contribution < -0.4 is 5.32 Å². The van der Waals surface area contributed by atoms with Gasteiger partial charge in [-0.15, -0.1) is 0 Å². The molecule has 1 amide bonds. The zero-order valence-corrected chi connectivity index (χ0v) is 14.6. The van der Waals surface area contributed by atoms with Gasteiger partial charge in [-0.2, -0.15) is 18.3 Å². The van der Waals surface area contributed by atoms with Crippen LogP contribution in [-0.4, -0.2) is 26.4 Å². The SMILES string of the molecule is Cc1nn(C)c(C)c1NC(=O)CSc1ncc(C(F)(F)F)cc1Cl. The maximum Gasteiger partial charge on any atom is 0.417 e. The lowest BCUT2D eigenvalue weighted by molar-refractivity contribution is -0.137. The highest BCUT2D eigenvalue weighted by atomic mass is 35.5. The second-order valence-corrected chi connectivity index (χ2v) is 6.39. The standard InChI is InChI=1S/C14H14ClF3N4OS/c1-7-12(8(2)22(3)21-7)20-11(23)6-24-13-10(15)4-9(5-19-13)14(16,17)18/h4-5H,6H2,1-3H3,(H,20,23). The number of halogens is 4. The summed E-state index contributed by atoms with van der Waals surface area (Å²) < 4.78 is 39.3. The van der Waals surface area contributed by atoms with Gasteiger partial charge in [0.05, 0.1) is 33.4 Å². The molecule has 0 unspecified atom stereocenters. The minimum Gasteiger partial charge on any atom is -0.322 e. The summed E-state index contributed by atoms with van der Waals surface area (Å²) in [7, 11) is 1.76. The minimum absolute atomic E-state index is 0.0359. The number of nitrogens with one attached hydrogen (secondary N) is 1. The third-order valence-electron chi connectivity index (χ3n) is 3.25. The third kappa shape index (κ3) is 4.21. The maximum absolute atomic E-state index is 12.6. The fourth-order valence-electron chi connectivity index (χ4n) is 1.95. The lowest BCUT2D eigenvalue weighted by atomic mass is 10.3. The van der Waals surface area contributed by atoms with Crippen molar-refractivity contribution in [3.05, 3.63) is 34.2 Å². The predicted octanol–water partition coefficient (Wildman–Crippen LogP) is 3.83. The van der Waals surface area contributed by atoms with Crippen LogP contribution in [0.3, 0.4) is 0 Å². The van der Waals surface area contributed by atoms with Crippen LogP contribution in [0.1, 0.15) is 17.0 Å². The zero-order valence-electron chi connectivity index (χ0n) is 13.0. The van der Waals surface area contributed by atoms with Gasteiger partial charge in [-0.25, -0.2) is 4.98 Å². The van der Waals surface area contributed by atoms with E-state index >= 15 is 0 Å². The normalized spacial score (nSPS) is 11.6. The second-order valence-electron chi connectivity index (χ2n) is 5.02. The van der Waals surface area contributed by atoms with Gasteiger partial charge in [0.1, 0.15) is 5.03 Å². The van der Waals surface area contributed by atoms with E-state index in [0.717, 1.165) is 23.5 Å². The highest BCUT2D eigenvalue weighted by Gasteiger charge is 2.31. The molecule has 0 aliphatic rings. The topological polar surface area (TPSA) is 59.8 Å². The molecule has 5 nitrogen and oxygen atoms in total. The largest absolute Gasteiger partial charge is 0.417 e. The molecule has 0 fully saturated rings. The quantitative estimate of drug-likeness (QED) is 0.821. The van der Waals surface area contributed by atoms with Crippen molar-refractivity contribution in [3.63, 3.8) is 0 Å². The summed E-state index contributed by atoms with van der Waals surface area (Å²) in [5, 5.41) is 6.94. The number of aryl methyl sites for hydroxylation is 2. The van der Waals surface area contributed by atoms with E-state index in [1.165, 1.54) is 0 Å². The van der Waals surface area contributed by atoms with Gasteiger partial charge in [0, 0.05) is 13.2 Å². The van der Waals surface area contributed by atoms with Crippen molar-refractivity contribution >= 4 is 35.0 Å². The second kappa shape index (κ2) is 7.02. The lowest BCUT2D eigenvalue weighted by Crippen LogP contribution is -2.15. The zero-order chi connectivity index (χ0) is 18.1. The fourth-order valence-corrected chi connectivity index (χ4v) is 2.94. The van der Waals surface area contributed by atoms with Gasteiger partial charge >= 0.3 is 6.18 Å². The van der Waals surface area contributed by atoms with E-state index < -0.39 is 11.7 Å². The molecule has 0 aliphatic heterocycles. The molecule has 0 aliphatic carbocycles. The van der Waals surface area contributed by atoms with Gasteiger partial charge < -0.3 is 5.32 Å². The first-order valence-corrected chi connectivity index (χ1v) is 8.11. The van der Waals surface area contributed by atoms with Crippen LogP contribution in [0.2, 0.25) is 5.02 Å². The molecular weight excluding hydrogens is 365 g/mol. The molecule has 2 aromatic heterocycles. The Balaban J connectivity index is 2.02. The van der Waals surface area contributed by atoms with Gasteiger partial charge in [-0.05, 0) is 19.9 Å². The Labute approximate surface area is 145 Å². The highest BCUT2D eigenvalue weighted by Crippen LogP contribution is 2.33. The lowest BCUT2D eigenvalue weighted by Gasteiger charge is -2.09. The summed E-state index contributed by atoms with van der Waals surface area (Å²) in [4.78, 5) is 15.7. The molecule has 0 radical (unpaired) electrons. The van der Waals surface area contributed by atoms with Crippen molar-refractivity contribution in [2.75, 3.05) is 11.1 Å². The average Bonchev–Trinajstić information content (AvgIpc) is 2.71. The smallest absolute Gasteiger partial charge is 0.322 e. The number of alkyl halides is 3. The third-order valence-corrected chi connectivity index (χ3v) is 4.65. The number of carbonyl (C=O) groups is 1. The molecule has 2 aromatic rings. The first-order valence-electron chi connectivity index (χ1n) is 6.75. The number of aromatic nitrogens is 3. The number of hydrogen-bond donors (Lipinski definition) is 1. The van der Waals surface area contributed by atoms with Crippen molar-refractivity contribution in [1.29, 1.82) is 0 Å². The van der Waals surface area contributed by atoms with Gasteiger partial charge in [-0.1, -0.05) is 23.4 Å². The van der Waals surface area contributed by atoms with Crippen LogP contribution in [-0.2, 0) is 18.0 Å². The van der Waals surface area contributed by atoms with E-state index in [9.17, 15) is 18.0 Å². The summed E-state index contributed by atoms with van der Waals surface area (Å²) in [6.07, 6.45) is -3.81. The molecule has 0 bridgehead atoms. The summed E-state index contributed by atoms with van der Waals surface area (Å²) in [5.74, 6) is -0.358. The summed E-state index contributed by atoms with van der Waals surface area (Å²) >= 11 is 6.77. The van der Waals surface area contributed by atoms with Gasteiger partial charge in [0.25, 0.3) is 0 Å². The van der Waals surface area contributed by atoms with E-state index in [1.54, 1.807) is 18.7 Å². The van der Waals surface area contributed by atoms with Crippen molar-refractivity contribution in [2.24, 2.45) is 7.05 Å². The van der Waals surface area contributed by atoms with Crippen LogP contribution >= 0.6 is 23.4 Å². The number of rotatable bonds is 4. The molecule has 0 atom stereocenters. The maximum atomic E-state index is 12.6. The number of anilines is 1. The number of amides is 1. The number of carbonyl (C=O) groups excluding carboxylic acids is 1. The molecule has 24 heavy (non-hydrogen) atoms. The van der Waals surface area contributed by atoms with Crippen LogP contribution in [0, 0.1) is 13.8 Å². The van der Waals surface area contributed by atoms with Crippen molar-refractivity contribution < 1.29 is 18.0 Å². The molecule has 130 valence electrons. The first kappa shape index (κ1) is 18.6. The van der Waals surface area contributed by atoms with Crippen LogP contribution in [0.4, 0.5) is 18.9 Å². The molecule has 0 spiro atoms. The molecule has 0 saturated heterocycles. The Kier molecular flexibility index (Phi) is 5.44. The minimum atomic E-state index is -4.51. The summed E-state index contributed by atoms with van der Waals surface area (Å²) in [6.45, 7) is 3.58. The summed E-state index contributed by atoms with van der Waals surface area (Å²) in [5.41, 5.74) is 1.17. The summed E-state index contributed by atoms with van der Waals surface area (Å²) in [6, 6.07) is 0.796. The van der Waals surface area contributed by atoms with Gasteiger partial charge in [0.2, 0.25) is 5.91 Å². The fraction of sp³-hybridized carbons (Fsp3) is 0.357. The van der Waals surface area contributed by atoms with E-state index in [2.05, 4.69) is 15.4 Å². The number of hydrogen-bond acceptors (Lipinski definition) is 4. The highest BCUT2D eigenvalue weighted by molar-refractivity contribution is 8.00. The Morgan fingerprint density at radius 2 is 2.08 bits per heavy atom. The average molecular weight is 379 g/mol. The molecule has 2 heterocycles. The molecule has 0 saturated carbocycles. The number of thioether (sulfide) groups is 1. The molecular formula is C14H14ClF3N4OS. The Morgan fingerprint density at radius 1 is 1.42 bits per heavy atom. The van der Waals surface area contributed by atoms with Crippen LogP contribution in [0.5, 0.6) is 0 Å². The van der Waals surface area contributed by atoms with Crippen LogP contribution in [0.25, 0.3) is 0 Å². The van der Waals surface area contributed by atoms with Crippen molar-refractivity contribution in [1.82, 2.24) is 14.8 Å². The van der Waals surface area contributed by atoms with Crippen molar-refractivity contribution in [3.8, 4) is 0 Å². The monoisotopic (exact) mass is 378 g/mol. The molecule has 10 heteroatoms. The number of nitrogens with zero attached hydrogens (tertiary/aromatic N) is 3. The molecule has 1 N–H and O–H groups in total. The Hall–Kier alpha value is -1.74. The van der Waals surface area contributed by atoms with E-state index in [1.807, 2.05) is 6.92 Å². The Bertz CT molecular complexity index is 776. The van der Waals surface area contributed by atoms with Gasteiger partial charge in [-0.3, -0.25) is 9.48 Å². The molecule has 0 aromatic carbocycles. The Morgan fingerprint density at radius 3 is 2.58 bits per heavy atom. The van der Waals surface area contributed by atoms with Crippen LogP contribution in [0.15, 0.2) is 17.3 Å². The molecule has 2 rings (SSSR count). The van der Waals surface area contributed by atoms with Crippen molar-refractivity contribution in [2.45, 2.75) is 25.0 Å². The van der Waals surface area contributed by atoms with E-state index in [4.69, 9.17) is 11.6 Å².